The Morgan fingerprint density at radius 3 is 2.61 bits per heavy atom. The minimum Gasteiger partial charge on any atom is -0.455 e. The number of sulfonamides is 1. The smallest absolute Gasteiger partial charge is 0.287 e. The number of hydrogen-bond donors (Lipinski definition) is 2. The van der Waals surface area contributed by atoms with Gasteiger partial charge in [0.15, 0.2) is 5.76 Å². The van der Waals surface area contributed by atoms with E-state index in [1.54, 1.807) is 0 Å². The molecule has 1 heterocycles. The molecule has 18 heavy (non-hydrogen) atoms. The molecule has 9 heteroatoms. The summed E-state index contributed by atoms with van der Waals surface area (Å²) in [4.78, 5) is 11.4. The lowest BCUT2D eigenvalue weighted by atomic mass is 10.4. The molecule has 0 saturated carbocycles. The minimum atomic E-state index is -3.90. The standard InChI is InChI=1S/C9H14N2O5S2/c1-6-8(18(10,14)15)5-7(16-6)9(12)11-3-4-17(2)13/h5H,3-4H2,1-2H3,(H,11,12)(H2,10,14,15). The van der Waals surface area contributed by atoms with Crippen molar-refractivity contribution in [2.24, 2.45) is 5.14 Å². The van der Waals surface area contributed by atoms with E-state index in [-0.39, 0.29) is 23.0 Å². The van der Waals surface area contributed by atoms with Crippen molar-refractivity contribution in [3.05, 3.63) is 17.6 Å². The van der Waals surface area contributed by atoms with Gasteiger partial charge >= 0.3 is 0 Å². The summed E-state index contributed by atoms with van der Waals surface area (Å²) in [6, 6.07) is 1.07. The van der Waals surface area contributed by atoms with Gasteiger partial charge < -0.3 is 9.73 Å². The Morgan fingerprint density at radius 2 is 2.17 bits per heavy atom. The van der Waals surface area contributed by atoms with Crippen molar-refractivity contribution in [1.82, 2.24) is 5.32 Å². The Bertz CT molecular complexity index is 576. The molecule has 0 spiro atoms. The van der Waals surface area contributed by atoms with Gasteiger partial charge in [0.05, 0.1) is 0 Å². The van der Waals surface area contributed by atoms with Gasteiger partial charge in [-0.05, 0) is 6.92 Å². The molecule has 3 N–H and O–H groups in total. The second-order valence-electron chi connectivity index (χ2n) is 3.61. The SMILES string of the molecule is Cc1oc(C(=O)NCCS(C)=O)cc1S(N)(=O)=O. The van der Waals surface area contributed by atoms with Crippen LogP contribution >= 0.6 is 0 Å². The first-order valence-electron chi connectivity index (χ1n) is 4.93. The molecule has 0 aliphatic heterocycles. The van der Waals surface area contributed by atoms with E-state index in [1.165, 1.54) is 13.2 Å². The zero-order valence-electron chi connectivity index (χ0n) is 9.93. The third kappa shape index (κ3) is 3.93. The van der Waals surface area contributed by atoms with Crippen LogP contribution in [0.3, 0.4) is 0 Å². The van der Waals surface area contributed by atoms with Crippen LogP contribution in [-0.2, 0) is 20.8 Å². The first-order valence-corrected chi connectivity index (χ1v) is 8.20. The van der Waals surface area contributed by atoms with Crippen molar-refractivity contribution in [2.75, 3.05) is 18.6 Å². The summed E-state index contributed by atoms with van der Waals surface area (Å²) in [6.07, 6.45) is 1.52. The lowest BCUT2D eigenvalue weighted by Gasteiger charge is -2.00. The van der Waals surface area contributed by atoms with Gasteiger partial charge in [0.2, 0.25) is 10.0 Å². The van der Waals surface area contributed by atoms with E-state index in [0.29, 0.717) is 5.75 Å². The number of amides is 1. The molecule has 102 valence electrons. The van der Waals surface area contributed by atoms with Crippen molar-refractivity contribution in [3.8, 4) is 0 Å². The number of carbonyl (C=O) groups excluding carboxylic acids is 1. The molecule has 0 fully saturated rings. The summed E-state index contributed by atoms with van der Waals surface area (Å²) in [7, 11) is -4.92. The Hall–Kier alpha value is -1.19. The van der Waals surface area contributed by atoms with Crippen LogP contribution in [0.4, 0.5) is 0 Å². The van der Waals surface area contributed by atoms with Crippen LogP contribution in [0.1, 0.15) is 16.3 Å². The predicted molar refractivity (Wildman–Crippen MR) is 66.1 cm³/mol. The molecule has 1 aromatic rings. The van der Waals surface area contributed by atoms with Crippen molar-refractivity contribution in [3.63, 3.8) is 0 Å². The van der Waals surface area contributed by atoms with E-state index in [1.807, 2.05) is 0 Å². The number of nitrogens with two attached hydrogens (primary N) is 1. The fraction of sp³-hybridized carbons (Fsp3) is 0.444. The highest BCUT2D eigenvalue weighted by molar-refractivity contribution is 7.89. The monoisotopic (exact) mass is 294 g/mol. The van der Waals surface area contributed by atoms with Crippen molar-refractivity contribution in [1.29, 1.82) is 0 Å². The Kier molecular flexibility index (Phi) is 4.65. The van der Waals surface area contributed by atoms with E-state index in [2.05, 4.69) is 5.32 Å². The van der Waals surface area contributed by atoms with Crippen LogP contribution in [0.15, 0.2) is 15.4 Å². The Balaban J connectivity index is 2.79. The van der Waals surface area contributed by atoms with Gasteiger partial charge in [-0.25, -0.2) is 13.6 Å². The van der Waals surface area contributed by atoms with Gasteiger partial charge in [-0.15, -0.1) is 0 Å². The van der Waals surface area contributed by atoms with E-state index in [9.17, 15) is 17.4 Å². The van der Waals surface area contributed by atoms with Crippen LogP contribution in [-0.4, -0.2) is 37.1 Å². The topological polar surface area (TPSA) is 119 Å². The van der Waals surface area contributed by atoms with Crippen LogP contribution in [0.2, 0.25) is 0 Å². The lowest BCUT2D eigenvalue weighted by Crippen LogP contribution is -2.27. The predicted octanol–water partition coefficient (Wildman–Crippen LogP) is -0.656. The summed E-state index contributed by atoms with van der Waals surface area (Å²) < 4.78 is 38.1. The van der Waals surface area contributed by atoms with Gasteiger partial charge in [0, 0.05) is 35.4 Å². The molecule has 1 unspecified atom stereocenters. The van der Waals surface area contributed by atoms with Crippen LogP contribution < -0.4 is 10.5 Å². The van der Waals surface area contributed by atoms with Crippen molar-refractivity contribution < 1.29 is 21.8 Å². The molecule has 1 atom stereocenters. The zero-order chi connectivity index (χ0) is 13.9. The molecule has 1 aromatic heterocycles. The maximum absolute atomic E-state index is 11.6. The first kappa shape index (κ1) is 14.9. The molecule has 1 rings (SSSR count). The number of aryl methyl sites for hydroxylation is 1. The fourth-order valence-electron chi connectivity index (χ4n) is 1.26. The average Bonchev–Trinajstić information content (AvgIpc) is 2.59. The Morgan fingerprint density at radius 1 is 1.56 bits per heavy atom. The summed E-state index contributed by atoms with van der Waals surface area (Å²) >= 11 is 0. The third-order valence-corrected chi connectivity index (χ3v) is 3.88. The van der Waals surface area contributed by atoms with Gasteiger partial charge in [0.1, 0.15) is 10.7 Å². The highest BCUT2D eigenvalue weighted by Gasteiger charge is 2.20. The van der Waals surface area contributed by atoms with Crippen LogP contribution in [0, 0.1) is 6.92 Å². The lowest BCUT2D eigenvalue weighted by molar-refractivity contribution is 0.0927. The maximum Gasteiger partial charge on any atom is 0.287 e. The summed E-state index contributed by atoms with van der Waals surface area (Å²) in [5.74, 6) is -0.341. The average molecular weight is 294 g/mol. The van der Waals surface area contributed by atoms with Crippen LogP contribution in [0.5, 0.6) is 0 Å². The number of furan rings is 1. The molecule has 7 nitrogen and oxygen atoms in total. The van der Waals surface area contributed by atoms with Gasteiger partial charge in [-0.3, -0.25) is 9.00 Å². The van der Waals surface area contributed by atoms with Gasteiger partial charge in [-0.2, -0.15) is 0 Å². The van der Waals surface area contributed by atoms with Gasteiger partial charge in [0.25, 0.3) is 5.91 Å². The molecule has 0 bridgehead atoms. The maximum atomic E-state index is 11.6. The number of hydrogen-bond acceptors (Lipinski definition) is 5. The minimum absolute atomic E-state index is 0.0571. The molecule has 0 aromatic carbocycles. The molecule has 0 saturated heterocycles. The molecule has 0 aliphatic carbocycles. The van der Waals surface area contributed by atoms with Crippen molar-refractivity contribution >= 4 is 26.7 Å². The normalized spacial score (nSPS) is 13.3. The molecule has 1 amide bonds. The Labute approximate surface area is 107 Å². The van der Waals surface area contributed by atoms with Crippen LogP contribution in [0.25, 0.3) is 0 Å². The molecular weight excluding hydrogens is 280 g/mol. The zero-order valence-corrected chi connectivity index (χ0v) is 11.6. The fourth-order valence-corrected chi connectivity index (χ4v) is 2.36. The number of rotatable bonds is 5. The summed E-state index contributed by atoms with van der Waals surface area (Å²) in [5, 5.41) is 7.41. The largest absolute Gasteiger partial charge is 0.455 e. The number of primary sulfonamides is 1. The summed E-state index contributed by atoms with van der Waals surface area (Å²) in [6.45, 7) is 1.62. The van der Waals surface area contributed by atoms with E-state index >= 15 is 0 Å². The second-order valence-corrected chi connectivity index (χ2v) is 6.69. The van der Waals surface area contributed by atoms with E-state index in [4.69, 9.17) is 9.56 Å². The first-order chi connectivity index (χ1) is 8.21. The van der Waals surface area contributed by atoms with E-state index < -0.39 is 26.7 Å². The third-order valence-electron chi connectivity index (χ3n) is 2.08. The molecule has 0 radical (unpaired) electrons. The number of nitrogens with one attached hydrogen (secondary N) is 1. The van der Waals surface area contributed by atoms with Crippen molar-refractivity contribution in [2.45, 2.75) is 11.8 Å². The van der Waals surface area contributed by atoms with Gasteiger partial charge in [-0.1, -0.05) is 0 Å². The summed E-state index contributed by atoms with van der Waals surface area (Å²) in [5.41, 5.74) is 0. The quantitative estimate of drug-likeness (QED) is 0.747. The molecule has 0 aliphatic rings. The van der Waals surface area contributed by atoms with E-state index in [0.717, 1.165) is 6.07 Å². The molecular formula is C9H14N2O5S2. The second kappa shape index (κ2) is 5.63. The highest BCUT2D eigenvalue weighted by Crippen LogP contribution is 2.18. The highest BCUT2D eigenvalue weighted by atomic mass is 32.2. The number of carbonyl (C=O) groups is 1.